The van der Waals surface area contributed by atoms with Gasteiger partial charge in [-0.15, -0.1) is 12.4 Å². The van der Waals surface area contributed by atoms with Crippen LogP contribution < -0.4 is 11.1 Å². The average molecular weight is 277 g/mol. The number of hydrogen-bond acceptors (Lipinski definition) is 2. The third kappa shape index (κ3) is 3.34. The van der Waals surface area contributed by atoms with Crippen LogP contribution in [-0.2, 0) is 6.54 Å². The molecule has 0 fully saturated rings. The predicted octanol–water partition coefficient (Wildman–Crippen LogP) is 2.59. The Hall–Kier alpha value is -1.84. The third-order valence-corrected chi connectivity index (χ3v) is 2.87. The molecule has 0 saturated carbocycles. The number of rotatable bonds is 3. The van der Waals surface area contributed by atoms with Crippen LogP contribution in [0.4, 0.5) is 0 Å². The van der Waals surface area contributed by atoms with Crippen molar-refractivity contribution in [2.45, 2.75) is 6.54 Å². The highest BCUT2D eigenvalue weighted by molar-refractivity contribution is 6.00. The van der Waals surface area contributed by atoms with E-state index in [1.54, 1.807) is 7.05 Å². The second-order valence-corrected chi connectivity index (χ2v) is 4.03. The van der Waals surface area contributed by atoms with Crippen LogP contribution in [-0.4, -0.2) is 13.0 Å². The second-order valence-electron chi connectivity index (χ2n) is 4.03. The van der Waals surface area contributed by atoms with Crippen LogP contribution in [0.15, 0.2) is 48.5 Å². The van der Waals surface area contributed by atoms with E-state index in [4.69, 9.17) is 5.73 Å². The van der Waals surface area contributed by atoms with Crippen molar-refractivity contribution in [3.05, 3.63) is 59.7 Å². The lowest BCUT2D eigenvalue weighted by molar-refractivity contribution is 0.0963. The molecule has 0 spiro atoms. The van der Waals surface area contributed by atoms with Crippen molar-refractivity contribution >= 4 is 18.3 Å². The highest BCUT2D eigenvalue weighted by atomic mass is 35.5. The Morgan fingerprint density at radius 3 is 2.58 bits per heavy atom. The summed E-state index contributed by atoms with van der Waals surface area (Å²) in [6.45, 7) is 0.496. The first-order chi connectivity index (χ1) is 8.76. The number of carbonyl (C=O) groups is 1. The van der Waals surface area contributed by atoms with Gasteiger partial charge in [0.15, 0.2) is 0 Å². The van der Waals surface area contributed by atoms with Gasteiger partial charge >= 0.3 is 0 Å². The van der Waals surface area contributed by atoms with Gasteiger partial charge in [0.2, 0.25) is 0 Å². The Kier molecular flexibility index (Phi) is 5.55. The maximum absolute atomic E-state index is 11.8. The molecule has 0 unspecified atom stereocenters. The first-order valence-corrected chi connectivity index (χ1v) is 5.86. The molecule has 4 heteroatoms. The van der Waals surface area contributed by atoms with Crippen molar-refractivity contribution in [3.8, 4) is 11.1 Å². The molecular formula is C15H17ClN2O. The Morgan fingerprint density at radius 2 is 1.89 bits per heavy atom. The van der Waals surface area contributed by atoms with Crippen LogP contribution in [0.1, 0.15) is 15.9 Å². The normalized spacial score (nSPS) is 9.58. The lowest BCUT2D eigenvalue weighted by atomic mass is 9.97. The maximum Gasteiger partial charge on any atom is 0.251 e. The van der Waals surface area contributed by atoms with Gasteiger partial charge in [-0.05, 0) is 28.8 Å². The highest BCUT2D eigenvalue weighted by Gasteiger charge is 2.10. The van der Waals surface area contributed by atoms with E-state index in [0.717, 1.165) is 16.7 Å². The highest BCUT2D eigenvalue weighted by Crippen LogP contribution is 2.24. The zero-order valence-corrected chi connectivity index (χ0v) is 11.5. The molecule has 19 heavy (non-hydrogen) atoms. The summed E-state index contributed by atoms with van der Waals surface area (Å²) in [6, 6.07) is 15.5. The minimum atomic E-state index is -0.0799. The molecule has 0 aliphatic heterocycles. The number of nitrogens with one attached hydrogen (secondary N) is 1. The molecular weight excluding hydrogens is 260 g/mol. The van der Waals surface area contributed by atoms with Gasteiger partial charge in [-0.25, -0.2) is 0 Å². The molecule has 2 aromatic rings. The largest absolute Gasteiger partial charge is 0.355 e. The quantitative estimate of drug-likeness (QED) is 0.905. The van der Waals surface area contributed by atoms with E-state index in [9.17, 15) is 4.79 Å². The van der Waals surface area contributed by atoms with Gasteiger partial charge in [-0.2, -0.15) is 0 Å². The van der Waals surface area contributed by atoms with Crippen LogP contribution in [0.2, 0.25) is 0 Å². The van der Waals surface area contributed by atoms with Crippen molar-refractivity contribution in [3.63, 3.8) is 0 Å². The van der Waals surface area contributed by atoms with Gasteiger partial charge in [0.25, 0.3) is 5.91 Å². The van der Waals surface area contributed by atoms with Crippen LogP contribution in [0.3, 0.4) is 0 Å². The predicted molar refractivity (Wildman–Crippen MR) is 80.4 cm³/mol. The van der Waals surface area contributed by atoms with E-state index >= 15 is 0 Å². The van der Waals surface area contributed by atoms with Gasteiger partial charge < -0.3 is 11.1 Å². The van der Waals surface area contributed by atoms with E-state index in [1.807, 2.05) is 48.5 Å². The van der Waals surface area contributed by atoms with Crippen molar-refractivity contribution in [1.82, 2.24) is 5.32 Å². The summed E-state index contributed by atoms with van der Waals surface area (Å²) in [5.41, 5.74) is 9.31. The molecule has 1 amide bonds. The van der Waals surface area contributed by atoms with Crippen molar-refractivity contribution in [2.24, 2.45) is 5.73 Å². The lowest BCUT2D eigenvalue weighted by Gasteiger charge is -2.09. The molecule has 0 bridgehead atoms. The number of amides is 1. The minimum absolute atomic E-state index is 0. The average Bonchev–Trinajstić information content (AvgIpc) is 2.46. The van der Waals surface area contributed by atoms with Crippen molar-refractivity contribution < 1.29 is 4.79 Å². The lowest BCUT2D eigenvalue weighted by Crippen LogP contribution is -2.18. The molecule has 3 nitrogen and oxygen atoms in total. The summed E-state index contributed by atoms with van der Waals surface area (Å²) >= 11 is 0. The number of halogens is 1. The molecule has 0 aromatic heterocycles. The SMILES string of the molecule is CNC(=O)c1ccccc1-c1cccc(CN)c1.Cl. The summed E-state index contributed by atoms with van der Waals surface area (Å²) in [5.74, 6) is -0.0799. The summed E-state index contributed by atoms with van der Waals surface area (Å²) in [4.78, 5) is 11.8. The van der Waals surface area contributed by atoms with Crippen LogP contribution >= 0.6 is 12.4 Å². The maximum atomic E-state index is 11.8. The standard InChI is InChI=1S/C15H16N2O.ClH/c1-17-15(18)14-8-3-2-7-13(14)12-6-4-5-11(9-12)10-16;/h2-9H,10,16H2,1H3,(H,17,18);1H. The Labute approximate surface area is 119 Å². The van der Waals surface area contributed by atoms with E-state index in [-0.39, 0.29) is 18.3 Å². The summed E-state index contributed by atoms with van der Waals surface area (Å²) in [6.07, 6.45) is 0. The summed E-state index contributed by atoms with van der Waals surface area (Å²) in [5, 5.41) is 2.66. The first kappa shape index (κ1) is 15.2. The number of benzene rings is 2. The Balaban J connectivity index is 0.00000180. The van der Waals surface area contributed by atoms with Gasteiger partial charge in [0.1, 0.15) is 0 Å². The van der Waals surface area contributed by atoms with Crippen molar-refractivity contribution in [1.29, 1.82) is 0 Å². The molecule has 0 aliphatic rings. The van der Waals surface area contributed by atoms with Crippen LogP contribution in [0.25, 0.3) is 11.1 Å². The Bertz CT molecular complexity index is 570. The third-order valence-electron chi connectivity index (χ3n) is 2.87. The van der Waals surface area contributed by atoms with Gasteiger partial charge in [0, 0.05) is 19.2 Å². The zero-order valence-electron chi connectivity index (χ0n) is 10.7. The van der Waals surface area contributed by atoms with E-state index in [2.05, 4.69) is 5.32 Å². The van der Waals surface area contributed by atoms with E-state index < -0.39 is 0 Å². The molecule has 2 rings (SSSR count). The zero-order chi connectivity index (χ0) is 13.0. The summed E-state index contributed by atoms with van der Waals surface area (Å²) in [7, 11) is 1.63. The summed E-state index contributed by atoms with van der Waals surface area (Å²) < 4.78 is 0. The molecule has 3 N–H and O–H groups in total. The molecule has 2 aromatic carbocycles. The van der Waals surface area contributed by atoms with Crippen LogP contribution in [0, 0.1) is 0 Å². The van der Waals surface area contributed by atoms with Crippen molar-refractivity contribution in [2.75, 3.05) is 7.05 Å². The number of nitrogens with two attached hydrogens (primary N) is 1. The molecule has 0 saturated heterocycles. The molecule has 0 aliphatic carbocycles. The van der Waals surface area contributed by atoms with Crippen LogP contribution in [0.5, 0.6) is 0 Å². The van der Waals surface area contributed by atoms with Gasteiger partial charge in [-0.1, -0.05) is 36.4 Å². The fourth-order valence-corrected chi connectivity index (χ4v) is 1.93. The van der Waals surface area contributed by atoms with E-state index in [1.165, 1.54) is 0 Å². The topological polar surface area (TPSA) is 55.1 Å². The number of carbonyl (C=O) groups excluding carboxylic acids is 1. The molecule has 100 valence electrons. The van der Waals surface area contributed by atoms with Gasteiger partial charge in [0.05, 0.1) is 0 Å². The molecule has 0 radical (unpaired) electrons. The molecule has 0 heterocycles. The minimum Gasteiger partial charge on any atom is -0.355 e. The monoisotopic (exact) mass is 276 g/mol. The fraction of sp³-hybridized carbons (Fsp3) is 0.133. The Morgan fingerprint density at radius 1 is 1.16 bits per heavy atom. The van der Waals surface area contributed by atoms with Gasteiger partial charge in [-0.3, -0.25) is 4.79 Å². The smallest absolute Gasteiger partial charge is 0.251 e. The first-order valence-electron chi connectivity index (χ1n) is 5.86. The molecule has 0 atom stereocenters. The number of hydrogen-bond donors (Lipinski definition) is 2. The van der Waals surface area contributed by atoms with E-state index in [0.29, 0.717) is 12.1 Å². The second kappa shape index (κ2) is 6.92. The fourth-order valence-electron chi connectivity index (χ4n) is 1.93.